The molecular weight excluding hydrogens is 338 g/mol. The third-order valence-corrected chi connectivity index (χ3v) is 4.86. The molecule has 0 saturated carbocycles. The van der Waals surface area contributed by atoms with Crippen molar-refractivity contribution in [1.82, 2.24) is 4.90 Å². The average molecular weight is 363 g/mol. The molecule has 4 nitrogen and oxygen atoms in total. The number of rotatable bonds is 5. The van der Waals surface area contributed by atoms with Gasteiger partial charge < -0.3 is 9.64 Å². The van der Waals surface area contributed by atoms with E-state index in [1.165, 1.54) is 5.56 Å². The number of amides is 1. The fourth-order valence-corrected chi connectivity index (χ4v) is 3.13. The Balaban J connectivity index is 1.43. The molecule has 3 rings (SSSR count). The molecule has 27 heavy (non-hydrogen) atoms. The van der Waals surface area contributed by atoms with Crippen LogP contribution < -0.4 is 0 Å². The van der Waals surface area contributed by atoms with Crippen molar-refractivity contribution < 1.29 is 14.3 Å². The van der Waals surface area contributed by atoms with Crippen LogP contribution in [0.25, 0.3) is 6.08 Å². The van der Waals surface area contributed by atoms with E-state index < -0.39 is 0 Å². The largest absolute Gasteiger partial charge is 0.461 e. The molecule has 1 fully saturated rings. The maximum absolute atomic E-state index is 12.3. The van der Waals surface area contributed by atoms with Gasteiger partial charge in [-0.2, -0.15) is 0 Å². The molecule has 0 unspecified atom stereocenters. The molecule has 2 aromatic carbocycles. The Labute approximate surface area is 160 Å². The van der Waals surface area contributed by atoms with E-state index in [0.29, 0.717) is 32.5 Å². The van der Waals surface area contributed by atoms with E-state index >= 15 is 0 Å². The van der Waals surface area contributed by atoms with E-state index in [0.717, 1.165) is 11.1 Å². The van der Waals surface area contributed by atoms with Crippen molar-refractivity contribution in [3.8, 4) is 0 Å². The Morgan fingerprint density at radius 2 is 1.70 bits per heavy atom. The summed E-state index contributed by atoms with van der Waals surface area (Å²) in [6, 6.07) is 17.7. The van der Waals surface area contributed by atoms with Crippen molar-refractivity contribution in [3.05, 3.63) is 77.4 Å². The van der Waals surface area contributed by atoms with Crippen LogP contribution in [0.3, 0.4) is 0 Å². The summed E-state index contributed by atoms with van der Waals surface area (Å²) in [4.78, 5) is 26.4. The van der Waals surface area contributed by atoms with Crippen molar-refractivity contribution in [2.75, 3.05) is 13.1 Å². The zero-order valence-corrected chi connectivity index (χ0v) is 15.6. The van der Waals surface area contributed by atoms with Gasteiger partial charge in [0.05, 0.1) is 5.92 Å². The molecule has 2 aromatic rings. The molecule has 1 amide bonds. The van der Waals surface area contributed by atoms with Crippen LogP contribution in [-0.4, -0.2) is 29.9 Å². The number of piperidine rings is 1. The van der Waals surface area contributed by atoms with Crippen molar-refractivity contribution in [2.24, 2.45) is 5.92 Å². The highest BCUT2D eigenvalue weighted by Crippen LogP contribution is 2.20. The van der Waals surface area contributed by atoms with Gasteiger partial charge in [-0.25, -0.2) is 0 Å². The molecule has 140 valence electrons. The Kier molecular flexibility index (Phi) is 6.42. The lowest BCUT2D eigenvalue weighted by atomic mass is 9.97. The summed E-state index contributed by atoms with van der Waals surface area (Å²) in [6.45, 7) is 3.50. The second-order valence-corrected chi connectivity index (χ2v) is 6.94. The molecule has 0 spiro atoms. The van der Waals surface area contributed by atoms with Gasteiger partial charge in [0.2, 0.25) is 5.91 Å². The summed E-state index contributed by atoms with van der Waals surface area (Å²) < 4.78 is 5.45. The molecule has 1 heterocycles. The average Bonchev–Trinajstić information content (AvgIpc) is 2.72. The van der Waals surface area contributed by atoms with E-state index in [2.05, 4.69) is 0 Å². The van der Waals surface area contributed by atoms with Gasteiger partial charge in [-0.1, -0.05) is 60.2 Å². The topological polar surface area (TPSA) is 46.6 Å². The first kappa shape index (κ1) is 18.9. The highest BCUT2D eigenvalue weighted by atomic mass is 16.5. The summed E-state index contributed by atoms with van der Waals surface area (Å²) in [5, 5.41) is 0. The third kappa shape index (κ3) is 5.55. The maximum Gasteiger partial charge on any atom is 0.309 e. The van der Waals surface area contributed by atoms with Crippen LogP contribution in [0, 0.1) is 12.8 Å². The molecule has 0 aliphatic carbocycles. The number of hydrogen-bond acceptors (Lipinski definition) is 3. The molecule has 0 atom stereocenters. The Bertz CT molecular complexity index is 788. The van der Waals surface area contributed by atoms with Crippen LogP contribution in [0.15, 0.2) is 60.7 Å². The Morgan fingerprint density at radius 3 is 2.37 bits per heavy atom. The predicted octanol–water partition coefficient (Wildman–Crippen LogP) is 3.99. The van der Waals surface area contributed by atoms with Gasteiger partial charge >= 0.3 is 5.97 Å². The fourth-order valence-electron chi connectivity index (χ4n) is 3.13. The molecular formula is C23H25NO3. The maximum atomic E-state index is 12.3. The van der Waals surface area contributed by atoms with Gasteiger partial charge in [-0.05, 0) is 37.0 Å². The number of nitrogens with zero attached hydrogens (tertiary/aromatic N) is 1. The number of esters is 1. The molecule has 1 aliphatic heterocycles. The summed E-state index contributed by atoms with van der Waals surface area (Å²) in [5.41, 5.74) is 3.18. The first-order chi connectivity index (χ1) is 13.1. The number of benzene rings is 2. The standard InChI is InChI=1S/C23H25NO3/c1-18-7-9-20(10-8-18)17-27-23(26)21-13-15-24(16-14-21)22(25)12-11-19-5-3-2-4-6-19/h2-12,21H,13-17H2,1H3/b12-11+. The molecule has 0 bridgehead atoms. The van der Waals surface area contributed by atoms with Gasteiger partial charge in [-0.3, -0.25) is 9.59 Å². The second-order valence-electron chi connectivity index (χ2n) is 6.94. The quantitative estimate of drug-likeness (QED) is 0.596. The zero-order chi connectivity index (χ0) is 19.1. The van der Waals surface area contributed by atoms with Gasteiger partial charge in [0.25, 0.3) is 0 Å². The highest BCUT2D eigenvalue weighted by Gasteiger charge is 2.27. The van der Waals surface area contributed by atoms with Gasteiger partial charge in [0.15, 0.2) is 0 Å². The van der Waals surface area contributed by atoms with E-state index in [-0.39, 0.29) is 17.8 Å². The smallest absolute Gasteiger partial charge is 0.309 e. The van der Waals surface area contributed by atoms with Crippen molar-refractivity contribution in [2.45, 2.75) is 26.4 Å². The highest BCUT2D eigenvalue weighted by molar-refractivity contribution is 5.92. The predicted molar refractivity (Wildman–Crippen MR) is 106 cm³/mol. The SMILES string of the molecule is Cc1ccc(COC(=O)C2CCN(C(=O)/C=C/c3ccccc3)CC2)cc1. The third-order valence-electron chi connectivity index (χ3n) is 4.86. The van der Waals surface area contributed by atoms with Gasteiger partial charge in [0.1, 0.15) is 6.61 Å². The lowest BCUT2D eigenvalue weighted by Crippen LogP contribution is -2.39. The minimum Gasteiger partial charge on any atom is -0.461 e. The number of carbonyl (C=O) groups excluding carboxylic acids is 2. The molecule has 0 N–H and O–H groups in total. The number of hydrogen-bond donors (Lipinski definition) is 0. The summed E-state index contributed by atoms with van der Waals surface area (Å²) in [6.07, 6.45) is 4.73. The summed E-state index contributed by atoms with van der Waals surface area (Å²) in [5.74, 6) is -0.301. The molecule has 0 radical (unpaired) electrons. The van der Waals surface area contributed by atoms with Crippen LogP contribution in [-0.2, 0) is 20.9 Å². The number of likely N-dealkylation sites (tertiary alicyclic amines) is 1. The fraction of sp³-hybridized carbons (Fsp3) is 0.304. The zero-order valence-electron chi connectivity index (χ0n) is 15.6. The van der Waals surface area contributed by atoms with Crippen LogP contribution in [0.4, 0.5) is 0 Å². The number of carbonyl (C=O) groups is 2. The second kappa shape index (κ2) is 9.17. The van der Waals surface area contributed by atoms with E-state index in [4.69, 9.17) is 4.74 Å². The van der Waals surface area contributed by atoms with Crippen LogP contribution in [0.1, 0.15) is 29.5 Å². The van der Waals surface area contributed by atoms with Crippen molar-refractivity contribution >= 4 is 18.0 Å². The van der Waals surface area contributed by atoms with E-state index in [1.807, 2.05) is 67.6 Å². The summed E-state index contributed by atoms with van der Waals surface area (Å²) >= 11 is 0. The van der Waals surface area contributed by atoms with Crippen LogP contribution in [0.2, 0.25) is 0 Å². The first-order valence-electron chi connectivity index (χ1n) is 9.36. The monoisotopic (exact) mass is 363 g/mol. The first-order valence-corrected chi connectivity index (χ1v) is 9.36. The van der Waals surface area contributed by atoms with Crippen LogP contribution >= 0.6 is 0 Å². The summed E-state index contributed by atoms with van der Waals surface area (Å²) in [7, 11) is 0. The van der Waals surface area contributed by atoms with Crippen LogP contribution in [0.5, 0.6) is 0 Å². The van der Waals surface area contributed by atoms with Gasteiger partial charge in [-0.15, -0.1) is 0 Å². The lowest BCUT2D eigenvalue weighted by Gasteiger charge is -2.30. The minimum absolute atomic E-state index is 0.00896. The number of ether oxygens (including phenoxy) is 1. The van der Waals surface area contributed by atoms with Crippen molar-refractivity contribution in [3.63, 3.8) is 0 Å². The number of aryl methyl sites for hydroxylation is 1. The molecule has 1 aliphatic rings. The van der Waals surface area contributed by atoms with E-state index in [9.17, 15) is 9.59 Å². The molecule has 0 aromatic heterocycles. The van der Waals surface area contributed by atoms with Gasteiger partial charge in [0, 0.05) is 19.2 Å². The Morgan fingerprint density at radius 1 is 1.04 bits per heavy atom. The van der Waals surface area contributed by atoms with Crippen molar-refractivity contribution in [1.29, 1.82) is 0 Å². The minimum atomic E-state index is -0.164. The molecule has 1 saturated heterocycles. The van der Waals surface area contributed by atoms with E-state index in [1.54, 1.807) is 11.0 Å². The molecule has 4 heteroatoms. The lowest BCUT2D eigenvalue weighted by molar-refractivity contribution is -0.152. The Hall–Kier alpha value is -2.88. The normalized spacial score (nSPS) is 15.1.